The number of rotatable bonds is 7. The van der Waals surface area contributed by atoms with Crippen LogP contribution < -0.4 is 0 Å². The van der Waals surface area contributed by atoms with E-state index in [-0.39, 0.29) is 6.42 Å². The van der Waals surface area contributed by atoms with Gasteiger partial charge in [0.05, 0.1) is 12.7 Å². The lowest BCUT2D eigenvalue weighted by atomic mass is 9.98. The lowest BCUT2D eigenvalue weighted by Gasteiger charge is -2.28. The molecule has 6 heteroatoms. The van der Waals surface area contributed by atoms with Crippen LogP contribution in [-0.2, 0) is 0 Å². The normalized spacial score (nSPS) is 21.5. The molecule has 0 bridgehead atoms. The third kappa shape index (κ3) is 4.25. The maximum Gasteiger partial charge on any atom is 0.111 e. The minimum absolute atomic E-state index is 0.0418. The molecule has 0 aliphatic rings. The molecule has 90 valence electrons. The number of aliphatic hydroxyl groups excluding tert-OH is 6. The van der Waals surface area contributed by atoms with Crippen molar-refractivity contribution in [1.82, 2.24) is 0 Å². The molecule has 0 aromatic carbocycles. The number of aliphatic hydroxyl groups is 6. The molecule has 0 aliphatic heterocycles. The minimum Gasteiger partial charge on any atom is -0.394 e. The van der Waals surface area contributed by atoms with E-state index < -0.39 is 37.1 Å². The molecule has 0 saturated heterocycles. The molecule has 0 heterocycles. The topological polar surface area (TPSA) is 121 Å². The van der Waals surface area contributed by atoms with Gasteiger partial charge in [-0.2, -0.15) is 0 Å². The van der Waals surface area contributed by atoms with Crippen molar-refractivity contribution < 1.29 is 30.6 Å². The average Bonchev–Trinajstić information content (AvgIpc) is 2.25. The van der Waals surface area contributed by atoms with Gasteiger partial charge in [-0.25, -0.2) is 0 Å². The summed E-state index contributed by atoms with van der Waals surface area (Å²) in [6.45, 7) is 2.59. The quantitative estimate of drug-likeness (QED) is 0.262. The first-order valence-electron chi connectivity index (χ1n) is 4.57. The second kappa shape index (κ2) is 6.89. The van der Waals surface area contributed by atoms with Crippen LogP contribution in [0.4, 0.5) is 0 Å². The van der Waals surface area contributed by atoms with E-state index in [1.165, 1.54) is 6.08 Å². The van der Waals surface area contributed by atoms with Gasteiger partial charge in [-0.3, -0.25) is 0 Å². The van der Waals surface area contributed by atoms with Gasteiger partial charge in [-0.15, -0.1) is 6.58 Å². The first kappa shape index (κ1) is 14.5. The Morgan fingerprint density at radius 3 is 1.73 bits per heavy atom. The van der Waals surface area contributed by atoms with Crippen LogP contribution in [0.5, 0.6) is 0 Å². The summed E-state index contributed by atoms with van der Waals surface area (Å²) in [7, 11) is 0. The standard InChI is InChI=1S/C9H18O6/c1-2-3-5(11)7(13)9(15)8(14)6(12)4-10/h2,5-15H,1,3-4H2/t5-,6+,7+,8+,9+/m0/s1. The predicted molar refractivity (Wildman–Crippen MR) is 51.9 cm³/mol. The van der Waals surface area contributed by atoms with Gasteiger partial charge >= 0.3 is 0 Å². The summed E-state index contributed by atoms with van der Waals surface area (Å²) >= 11 is 0. The summed E-state index contributed by atoms with van der Waals surface area (Å²) in [5.41, 5.74) is 0. The fraction of sp³-hybridized carbons (Fsp3) is 0.778. The fourth-order valence-corrected chi connectivity index (χ4v) is 1.08. The molecule has 0 amide bonds. The van der Waals surface area contributed by atoms with Gasteiger partial charge in [0.15, 0.2) is 0 Å². The van der Waals surface area contributed by atoms with E-state index in [0.717, 1.165) is 0 Å². The van der Waals surface area contributed by atoms with E-state index in [1.54, 1.807) is 0 Å². The van der Waals surface area contributed by atoms with Crippen molar-refractivity contribution in [2.24, 2.45) is 0 Å². The van der Waals surface area contributed by atoms with Gasteiger partial charge < -0.3 is 30.6 Å². The van der Waals surface area contributed by atoms with Gasteiger partial charge in [0.2, 0.25) is 0 Å². The molecule has 0 spiro atoms. The van der Waals surface area contributed by atoms with Crippen molar-refractivity contribution in [1.29, 1.82) is 0 Å². The maximum atomic E-state index is 9.33. The van der Waals surface area contributed by atoms with Gasteiger partial charge in [-0.05, 0) is 6.42 Å². The van der Waals surface area contributed by atoms with Crippen molar-refractivity contribution in [2.75, 3.05) is 6.61 Å². The van der Waals surface area contributed by atoms with Crippen LogP contribution in [0.15, 0.2) is 12.7 Å². The summed E-state index contributed by atoms with van der Waals surface area (Å²) in [5.74, 6) is 0. The first-order chi connectivity index (χ1) is 6.95. The summed E-state index contributed by atoms with van der Waals surface area (Å²) in [6, 6.07) is 0. The molecule has 0 saturated carbocycles. The lowest BCUT2D eigenvalue weighted by molar-refractivity contribution is -0.139. The highest BCUT2D eigenvalue weighted by molar-refractivity contribution is 4.87. The third-order valence-corrected chi connectivity index (χ3v) is 2.08. The Kier molecular flexibility index (Phi) is 6.66. The zero-order valence-electron chi connectivity index (χ0n) is 8.27. The van der Waals surface area contributed by atoms with Crippen molar-refractivity contribution in [3.05, 3.63) is 12.7 Å². The highest BCUT2D eigenvalue weighted by Crippen LogP contribution is 2.10. The molecule has 0 rings (SSSR count). The van der Waals surface area contributed by atoms with Gasteiger partial charge in [0.1, 0.15) is 24.4 Å². The van der Waals surface area contributed by atoms with Crippen molar-refractivity contribution >= 4 is 0 Å². The van der Waals surface area contributed by atoms with E-state index in [1.807, 2.05) is 0 Å². The molecular formula is C9H18O6. The summed E-state index contributed by atoms with van der Waals surface area (Å²) < 4.78 is 0. The number of hydrogen-bond acceptors (Lipinski definition) is 6. The van der Waals surface area contributed by atoms with E-state index >= 15 is 0 Å². The molecule has 0 aromatic rings. The maximum absolute atomic E-state index is 9.33. The van der Waals surface area contributed by atoms with Crippen molar-refractivity contribution in [3.63, 3.8) is 0 Å². The van der Waals surface area contributed by atoms with Crippen LogP contribution in [0.2, 0.25) is 0 Å². The van der Waals surface area contributed by atoms with Crippen LogP contribution >= 0.6 is 0 Å². The molecule has 0 aromatic heterocycles. The largest absolute Gasteiger partial charge is 0.394 e. The van der Waals surface area contributed by atoms with Crippen LogP contribution in [-0.4, -0.2) is 67.8 Å². The summed E-state index contributed by atoms with van der Waals surface area (Å²) in [4.78, 5) is 0. The van der Waals surface area contributed by atoms with E-state index in [4.69, 9.17) is 10.2 Å². The molecular weight excluding hydrogens is 204 g/mol. The molecule has 0 aliphatic carbocycles. The van der Waals surface area contributed by atoms with Gasteiger partial charge in [-0.1, -0.05) is 6.08 Å². The fourth-order valence-electron chi connectivity index (χ4n) is 1.08. The van der Waals surface area contributed by atoms with E-state index in [2.05, 4.69) is 6.58 Å². The summed E-state index contributed by atoms with van der Waals surface area (Å²) in [5, 5.41) is 54.6. The Balaban J connectivity index is 4.28. The lowest BCUT2D eigenvalue weighted by Crippen LogP contribution is -2.49. The van der Waals surface area contributed by atoms with Gasteiger partial charge in [0, 0.05) is 0 Å². The van der Waals surface area contributed by atoms with Gasteiger partial charge in [0.25, 0.3) is 0 Å². The average molecular weight is 222 g/mol. The summed E-state index contributed by atoms with van der Waals surface area (Å²) in [6.07, 6.45) is -6.52. The van der Waals surface area contributed by atoms with Crippen LogP contribution in [0, 0.1) is 0 Å². The molecule has 15 heavy (non-hydrogen) atoms. The second-order valence-corrected chi connectivity index (χ2v) is 3.31. The zero-order chi connectivity index (χ0) is 12.0. The SMILES string of the molecule is C=CC[C@H](O)[C@@H](O)[C@@H](O)[C@H](O)[C@H](O)CO. The van der Waals surface area contributed by atoms with Crippen LogP contribution in [0.1, 0.15) is 6.42 Å². The zero-order valence-corrected chi connectivity index (χ0v) is 8.27. The Labute approximate surface area is 87.7 Å². The van der Waals surface area contributed by atoms with Crippen molar-refractivity contribution in [2.45, 2.75) is 36.9 Å². The Hall–Kier alpha value is -0.500. The van der Waals surface area contributed by atoms with Crippen molar-refractivity contribution in [3.8, 4) is 0 Å². The van der Waals surface area contributed by atoms with Crippen LogP contribution in [0.25, 0.3) is 0 Å². The highest BCUT2D eigenvalue weighted by atomic mass is 16.4. The minimum atomic E-state index is -1.73. The molecule has 5 atom stereocenters. The Bertz CT molecular complexity index is 185. The van der Waals surface area contributed by atoms with E-state index in [9.17, 15) is 20.4 Å². The molecule has 0 unspecified atom stereocenters. The number of hydrogen-bond donors (Lipinski definition) is 6. The Morgan fingerprint density at radius 2 is 1.33 bits per heavy atom. The Morgan fingerprint density at radius 1 is 0.867 bits per heavy atom. The molecule has 6 N–H and O–H groups in total. The van der Waals surface area contributed by atoms with E-state index in [0.29, 0.717) is 0 Å². The second-order valence-electron chi connectivity index (χ2n) is 3.31. The molecule has 6 nitrogen and oxygen atoms in total. The molecule has 0 fully saturated rings. The monoisotopic (exact) mass is 222 g/mol. The molecule has 0 radical (unpaired) electrons. The first-order valence-corrected chi connectivity index (χ1v) is 4.57. The van der Waals surface area contributed by atoms with Crippen LogP contribution in [0.3, 0.4) is 0 Å². The predicted octanol–water partition coefficient (Wildman–Crippen LogP) is -2.64. The highest BCUT2D eigenvalue weighted by Gasteiger charge is 2.33. The third-order valence-electron chi connectivity index (χ3n) is 2.08. The smallest absolute Gasteiger partial charge is 0.111 e.